The summed E-state index contributed by atoms with van der Waals surface area (Å²) in [5.74, 6) is 0.0110. The average Bonchev–Trinajstić information content (AvgIpc) is 2.26. The highest BCUT2D eigenvalue weighted by Gasteiger charge is 2.17. The van der Waals surface area contributed by atoms with Crippen LogP contribution in [0.5, 0.6) is 0 Å². The van der Waals surface area contributed by atoms with Gasteiger partial charge in [0.1, 0.15) is 0 Å². The number of rotatable bonds is 0. The highest BCUT2D eigenvalue weighted by atomic mass is 16.1. The number of fused-ring (bicyclic) bond motifs is 1. The van der Waals surface area contributed by atoms with Gasteiger partial charge in [-0.25, -0.2) is 0 Å². The molecule has 2 rings (SSSR count). The van der Waals surface area contributed by atoms with Crippen molar-refractivity contribution in [3.05, 3.63) is 29.3 Å². The van der Waals surface area contributed by atoms with Crippen molar-refractivity contribution in [2.45, 2.75) is 19.9 Å². The van der Waals surface area contributed by atoms with Crippen molar-refractivity contribution in [1.82, 2.24) is 5.32 Å². The van der Waals surface area contributed by atoms with Crippen LogP contribution in [0.1, 0.15) is 22.8 Å². The number of hydrogen-bond donors (Lipinski definition) is 2. The number of amides is 1. The highest BCUT2D eigenvalue weighted by Crippen LogP contribution is 2.20. The van der Waals surface area contributed by atoms with E-state index >= 15 is 0 Å². The van der Waals surface area contributed by atoms with Crippen molar-refractivity contribution in [3.8, 4) is 0 Å². The molecule has 0 saturated heterocycles. The van der Waals surface area contributed by atoms with Gasteiger partial charge in [-0.05, 0) is 31.5 Å². The molecule has 74 valence electrons. The maximum atomic E-state index is 11.6. The molecule has 1 atom stereocenters. The third-order valence-electron chi connectivity index (χ3n) is 2.39. The van der Waals surface area contributed by atoms with Gasteiger partial charge in [0.15, 0.2) is 0 Å². The van der Waals surface area contributed by atoms with Crippen LogP contribution in [-0.2, 0) is 0 Å². The van der Waals surface area contributed by atoms with Crippen LogP contribution in [0.2, 0.25) is 0 Å². The van der Waals surface area contributed by atoms with E-state index < -0.39 is 0 Å². The second kappa shape index (κ2) is 3.33. The SMILES string of the molecule is Cc1ccc2c(c1)NC(C)CNC2=O. The summed E-state index contributed by atoms with van der Waals surface area (Å²) in [6, 6.07) is 6.11. The van der Waals surface area contributed by atoms with Gasteiger partial charge < -0.3 is 10.6 Å². The lowest BCUT2D eigenvalue weighted by Crippen LogP contribution is -2.30. The van der Waals surface area contributed by atoms with Crippen LogP contribution in [0.4, 0.5) is 5.69 Å². The summed E-state index contributed by atoms with van der Waals surface area (Å²) >= 11 is 0. The lowest BCUT2D eigenvalue weighted by molar-refractivity contribution is 0.0956. The molecule has 0 aliphatic carbocycles. The molecule has 0 saturated carbocycles. The molecule has 1 amide bonds. The van der Waals surface area contributed by atoms with Gasteiger partial charge in [0.05, 0.1) is 5.56 Å². The minimum atomic E-state index is 0.0110. The molecule has 1 aliphatic rings. The Morgan fingerprint density at radius 2 is 2.21 bits per heavy atom. The fourth-order valence-electron chi connectivity index (χ4n) is 1.63. The van der Waals surface area contributed by atoms with Crippen LogP contribution in [0.3, 0.4) is 0 Å². The van der Waals surface area contributed by atoms with E-state index in [1.165, 1.54) is 0 Å². The first-order valence-corrected chi connectivity index (χ1v) is 4.82. The summed E-state index contributed by atoms with van der Waals surface area (Å²) in [5.41, 5.74) is 2.84. The Balaban J connectivity index is 2.47. The zero-order chi connectivity index (χ0) is 10.1. The van der Waals surface area contributed by atoms with Crippen molar-refractivity contribution in [2.75, 3.05) is 11.9 Å². The molecular weight excluding hydrogens is 176 g/mol. The summed E-state index contributed by atoms with van der Waals surface area (Å²) in [4.78, 5) is 11.6. The van der Waals surface area contributed by atoms with Crippen LogP contribution in [0.15, 0.2) is 18.2 Å². The molecule has 0 spiro atoms. The number of anilines is 1. The Morgan fingerprint density at radius 3 is 3.00 bits per heavy atom. The van der Waals surface area contributed by atoms with E-state index in [-0.39, 0.29) is 11.9 Å². The minimum absolute atomic E-state index is 0.0110. The van der Waals surface area contributed by atoms with Gasteiger partial charge in [0.2, 0.25) is 0 Å². The van der Waals surface area contributed by atoms with Crippen molar-refractivity contribution in [1.29, 1.82) is 0 Å². The molecule has 1 heterocycles. The van der Waals surface area contributed by atoms with Crippen LogP contribution in [-0.4, -0.2) is 18.5 Å². The number of nitrogens with one attached hydrogen (secondary N) is 2. The molecule has 2 N–H and O–H groups in total. The molecule has 3 nitrogen and oxygen atoms in total. The molecule has 0 radical (unpaired) electrons. The first-order valence-electron chi connectivity index (χ1n) is 4.82. The predicted molar refractivity (Wildman–Crippen MR) is 56.6 cm³/mol. The zero-order valence-electron chi connectivity index (χ0n) is 8.42. The monoisotopic (exact) mass is 190 g/mol. The smallest absolute Gasteiger partial charge is 0.253 e. The van der Waals surface area contributed by atoms with Crippen LogP contribution >= 0.6 is 0 Å². The zero-order valence-corrected chi connectivity index (χ0v) is 8.42. The Hall–Kier alpha value is -1.51. The summed E-state index contributed by atoms with van der Waals surface area (Å²) in [7, 11) is 0. The molecule has 0 fully saturated rings. The fourth-order valence-corrected chi connectivity index (χ4v) is 1.63. The molecule has 1 aromatic rings. The van der Waals surface area contributed by atoms with E-state index in [9.17, 15) is 4.79 Å². The van der Waals surface area contributed by atoms with E-state index in [0.717, 1.165) is 16.8 Å². The normalized spacial score (nSPS) is 20.4. The van der Waals surface area contributed by atoms with Crippen molar-refractivity contribution in [2.24, 2.45) is 0 Å². The Bertz CT molecular complexity index is 374. The largest absolute Gasteiger partial charge is 0.380 e. The number of aryl methyl sites for hydroxylation is 1. The molecule has 1 aromatic carbocycles. The molecule has 3 heteroatoms. The van der Waals surface area contributed by atoms with E-state index in [0.29, 0.717) is 6.54 Å². The van der Waals surface area contributed by atoms with Crippen molar-refractivity contribution in [3.63, 3.8) is 0 Å². The summed E-state index contributed by atoms with van der Waals surface area (Å²) in [6.45, 7) is 4.75. The average molecular weight is 190 g/mol. The number of carbonyl (C=O) groups excluding carboxylic acids is 1. The Morgan fingerprint density at radius 1 is 1.43 bits per heavy atom. The van der Waals surface area contributed by atoms with Gasteiger partial charge in [0, 0.05) is 18.3 Å². The molecule has 0 bridgehead atoms. The Kier molecular flexibility index (Phi) is 2.15. The summed E-state index contributed by atoms with van der Waals surface area (Å²) in [5, 5.41) is 6.18. The quantitative estimate of drug-likeness (QED) is 0.651. The molecule has 14 heavy (non-hydrogen) atoms. The number of hydrogen-bond acceptors (Lipinski definition) is 2. The van der Waals surface area contributed by atoms with Gasteiger partial charge >= 0.3 is 0 Å². The lowest BCUT2D eigenvalue weighted by atomic mass is 10.1. The van der Waals surface area contributed by atoms with Gasteiger partial charge in [0.25, 0.3) is 5.91 Å². The van der Waals surface area contributed by atoms with Gasteiger partial charge in [-0.15, -0.1) is 0 Å². The number of carbonyl (C=O) groups is 1. The predicted octanol–water partition coefficient (Wildman–Crippen LogP) is 1.54. The highest BCUT2D eigenvalue weighted by molar-refractivity contribution is 6.00. The van der Waals surface area contributed by atoms with E-state index in [1.54, 1.807) is 0 Å². The van der Waals surface area contributed by atoms with E-state index in [4.69, 9.17) is 0 Å². The third kappa shape index (κ3) is 1.58. The van der Waals surface area contributed by atoms with Crippen LogP contribution in [0.25, 0.3) is 0 Å². The third-order valence-corrected chi connectivity index (χ3v) is 2.39. The van der Waals surface area contributed by atoms with E-state index in [2.05, 4.69) is 17.6 Å². The van der Waals surface area contributed by atoms with Crippen LogP contribution < -0.4 is 10.6 Å². The summed E-state index contributed by atoms with van der Waals surface area (Å²) < 4.78 is 0. The van der Waals surface area contributed by atoms with Crippen molar-refractivity contribution >= 4 is 11.6 Å². The first-order chi connectivity index (χ1) is 6.66. The lowest BCUT2D eigenvalue weighted by Gasteiger charge is -2.11. The number of benzene rings is 1. The van der Waals surface area contributed by atoms with Gasteiger partial charge in [-0.1, -0.05) is 6.07 Å². The first kappa shape index (κ1) is 9.06. The summed E-state index contributed by atoms with van der Waals surface area (Å²) in [6.07, 6.45) is 0. The van der Waals surface area contributed by atoms with Gasteiger partial charge in [-0.3, -0.25) is 4.79 Å². The van der Waals surface area contributed by atoms with Crippen LogP contribution in [0, 0.1) is 6.92 Å². The molecule has 0 aromatic heterocycles. The fraction of sp³-hybridized carbons (Fsp3) is 0.364. The van der Waals surface area contributed by atoms with E-state index in [1.807, 2.05) is 25.1 Å². The standard InChI is InChI=1S/C11H14N2O/c1-7-3-4-9-10(5-7)13-8(2)6-12-11(9)14/h3-5,8,13H,6H2,1-2H3,(H,12,14). The molecular formula is C11H14N2O. The second-order valence-corrected chi connectivity index (χ2v) is 3.80. The van der Waals surface area contributed by atoms with Gasteiger partial charge in [-0.2, -0.15) is 0 Å². The second-order valence-electron chi connectivity index (χ2n) is 3.80. The molecule has 1 unspecified atom stereocenters. The Labute approximate surface area is 83.5 Å². The topological polar surface area (TPSA) is 41.1 Å². The maximum Gasteiger partial charge on any atom is 0.253 e. The van der Waals surface area contributed by atoms with Crippen molar-refractivity contribution < 1.29 is 4.79 Å². The molecule has 1 aliphatic heterocycles. The minimum Gasteiger partial charge on any atom is -0.380 e. The maximum absolute atomic E-state index is 11.6.